The van der Waals surface area contributed by atoms with Crippen LogP contribution in [0.25, 0.3) is 38.8 Å². The number of benzene rings is 3. The van der Waals surface area contributed by atoms with Gasteiger partial charge >= 0.3 is 0 Å². The summed E-state index contributed by atoms with van der Waals surface area (Å²) in [4.78, 5) is 7.06. The van der Waals surface area contributed by atoms with Gasteiger partial charge in [-0.05, 0) is 43.2 Å². The lowest BCUT2D eigenvalue weighted by Gasteiger charge is -2.21. The number of aromatic nitrogens is 2. The van der Waals surface area contributed by atoms with Gasteiger partial charge in [-0.2, -0.15) is 0 Å². The van der Waals surface area contributed by atoms with E-state index < -0.39 is 0 Å². The van der Waals surface area contributed by atoms with E-state index in [1.807, 2.05) is 18.2 Å². The van der Waals surface area contributed by atoms with E-state index >= 15 is 0 Å². The molecule has 0 fully saturated rings. The molecular formula is C24H16N2O2. The minimum atomic E-state index is 0.738. The summed E-state index contributed by atoms with van der Waals surface area (Å²) >= 11 is 0. The normalized spacial score (nSPS) is 14.6. The lowest BCUT2D eigenvalue weighted by molar-refractivity contribution is 0.366. The molecule has 0 radical (unpaired) electrons. The number of para-hydroxylation sites is 1. The quantitative estimate of drug-likeness (QED) is 0.317. The van der Waals surface area contributed by atoms with Gasteiger partial charge in [-0.25, -0.2) is 0 Å². The molecule has 3 heterocycles. The standard InChI is InChI=1S/C24H16N2O2/c1-3-7-17-13(5-1)15-9-11-19-23(21(15)25-17)27-20-12-10-16-14-6-2-4-8-18(14)26-22(16)24(20)28-19/h1-3,5-7,9-12,25-26H,4,8H2. The lowest BCUT2D eigenvalue weighted by atomic mass is 10.0. The largest absolute Gasteiger partial charge is 0.447 e. The van der Waals surface area contributed by atoms with Crippen molar-refractivity contribution in [2.24, 2.45) is 0 Å². The van der Waals surface area contributed by atoms with Gasteiger partial charge in [-0.3, -0.25) is 0 Å². The summed E-state index contributed by atoms with van der Waals surface area (Å²) < 4.78 is 12.7. The monoisotopic (exact) mass is 364 g/mol. The maximum absolute atomic E-state index is 6.37. The molecule has 0 amide bonds. The van der Waals surface area contributed by atoms with E-state index in [-0.39, 0.29) is 0 Å². The van der Waals surface area contributed by atoms with E-state index in [1.165, 1.54) is 22.0 Å². The molecule has 0 bridgehead atoms. The molecule has 2 N–H and O–H groups in total. The molecule has 0 unspecified atom stereocenters. The summed E-state index contributed by atoms with van der Waals surface area (Å²) in [6.07, 6.45) is 6.53. The van der Waals surface area contributed by atoms with Gasteiger partial charge in [0.2, 0.25) is 0 Å². The van der Waals surface area contributed by atoms with E-state index in [9.17, 15) is 0 Å². The van der Waals surface area contributed by atoms with Crippen LogP contribution in [-0.2, 0) is 6.42 Å². The van der Waals surface area contributed by atoms with Crippen molar-refractivity contribution in [2.75, 3.05) is 0 Å². The first kappa shape index (κ1) is 14.4. The minimum Gasteiger partial charge on any atom is -0.447 e. The van der Waals surface area contributed by atoms with Gasteiger partial charge in [0, 0.05) is 32.9 Å². The lowest BCUT2D eigenvalue weighted by Crippen LogP contribution is -2.00. The fraction of sp³-hybridized carbons (Fsp3) is 0.0833. The minimum absolute atomic E-state index is 0.738. The van der Waals surface area contributed by atoms with Crippen LogP contribution in [0.3, 0.4) is 0 Å². The molecule has 2 aromatic heterocycles. The molecule has 4 nitrogen and oxygen atoms in total. The number of ether oxygens (including phenoxy) is 2. The molecule has 0 saturated carbocycles. The average Bonchev–Trinajstić information content (AvgIpc) is 3.31. The zero-order chi connectivity index (χ0) is 18.2. The number of rotatable bonds is 0. The van der Waals surface area contributed by atoms with Crippen LogP contribution in [0.4, 0.5) is 0 Å². The molecule has 1 aliphatic heterocycles. The first-order chi connectivity index (χ1) is 13.9. The highest BCUT2D eigenvalue weighted by Crippen LogP contribution is 2.52. The van der Waals surface area contributed by atoms with Gasteiger partial charge in [-0.1, -0.05) is 30.4 Å². The van der Waals surface area contributed by atoms with E-state index in [1.54, 1.807) is 0 Å². The van der Waals surface area contributed by atoms with Crippen molar-refractivity contribution >= 4 is 38.8 Å². The Morgan fingerprint density at radius 1 is 0.714 bits per heavy atom. The Morgan fingerprint density at radius 2 is 1.46 bits per heavy atom. The van der Waals surface area contributed by atoms with E-state index in [0.717, 1.165) is 57.8 Å². The molecular weight excluding hydrogens is 348 g/mol. The number of allylic oxidation sites excluding steroid dienone is 1. The summed E-state index contributed by atoms with van der Waals surface area (Å²) in [6.45, 7) is 0. The third kappa shape index (κ3) is 1.75. The molecule has 28 heavy (non-hydrogen) atoms. The number of H-pyrrole nitrogens is 2. The fourth-order valence-corrected chi connectivity index (χ4v) is 4.57. The van der Waals surface area contributed by atoms with Crippen LogP contribution in [0, 0.1) is 0 Å². The number of fused-ring (bicyclic) bond motifs is 10. The molecule has 7 rings (SSSR count). The topological polar surface area (TPSA) is 50.0 Å². The van der Waals surface area contributed by atoms with Crippen LogP contribution in [0.15, 0.2) is 54.6 Å². The second-order valence-electron chi connectivity index (χ2n) is 7.46. The fourth-order valence-electron chi connectivity index (χ4n) is 4.57. The highest BCUT2D eigenvalue weighted by Gasteiger charge is 2.26. The van der Waals surface area contributed by atoms with Crippen LogP contribution in [0.5, 0.6) is 23.0 Å². The third-order valence-electron chi connectivity index (χ3n) is 5.88. The highest BCUT2D eigenvalue weighted by molar-refractivity contribution is 6.10. The summed E-state index contributed by atoms with van der Waals surface area (Å²) in [5.74, 6) is 3.00. The summed E-state index contributed by atoms with van der Waals surface area (Å²) in [6, 6.07) is 16.5. The van der Waals surface area contributed by atoms with Crippen molar-refractivity contribution in [1.82, 2.24) is 9.97 Å². The van der Waals surface area contributed by atoms with Crippen LogP contribution in [0.2, 0.25) is 0 Å². The van der Waals surface area contributed by atoms with Crippen LogP contribution >= 0.6 is 0 Å². The molecule has 5 aromatic rings. The van der Waals surface area contributed by atoms with Crippen LogP contribution in [0.1, 0.15) is 17.7 Å². The Morgan fingerprint density at radius 3 is 2.32 bits per heavy atom. The smallest absolute Gasteiger partial charge is 0.194 e. The average molecular weight is 364 g/mol. The van der Waals surface area contributed by atoms with Gasteiger partial charge in [0.15, 0.2) is 23.0 Å². The van der Waals surface area contributed by atoms with Crippen molar-refractivity contribution < 1.29 is 9.47 Å². The number of nitrogens with one attached hydrogen (secondary N) is 2. The Bertz CT molecular complexity index is 1470. The molecule has 0 atom stereocenters. The van der Waals surface area contributed by atoms with Crippen molar-refractivity contribution in [3.05, 3.63) is 65.9 Å². The van der Waals surface area contributed by atoms with Gasteiger partial charge in [0.1, 0.15) is 0 Å². The predicted molar refractivity (Wildman–Crippen MR) is 112 cm³/mol. The van der Waals surface area contributed by atoms with Crippen LogP contribution in [-0.4, -0.2) is 9.97 Å². The second kappa shape index (κ2) is 4.98. The first-order valence-corrected chi connectivity index (χ1v) is 9.60. The SMILES string of the molecule is C1=Cc2c([nH]c3c4c(ccc23)Oc2c(ccc3c2[nH]c2ccccc23)O4)CC1. The number of aromatic amines is 2. The number of hydrogen-bond donors (Lipinski definition) is 2. The molecule has 2 aliphatic rings. The Labute approximate surface area is 160 Å². The number of aryl methyl sites for hydroxylation is 1. The maximum Gasteiger partial charge on any atom is 0.194 e. The molecule has 0 saturated heterocycles. The third-order valence-corrected chi connectivity index (χ3v) is 5.88. The Hall–Kier alpha value is -3.66. The molecule has 4 heteroatoms. The summed E-state index contributed by atoms with van der Waals surface area (Å²) in [5, 5.41) is 3.51. The van der Waals surface area contributed by atoms with Gasteiger partial charge in [-0.15, -0.1) is 0 Å². The maximum atomic E-state index is 6.37. The molecule has 134 valence electrons. The zero-order valence-corrected chi connectivity index (χ0v) is 15.0. The summed E-state index contributed by atoms with van der Waals surface area (Å²) in [5.41, 5.74) is 5.62. The van der Waals surface area contributed by atoms with Crippen molar-refractivity contribution in [3.8, 4) is 23.0 Å². The van der Waals surface area contributed by atoms with Crippen LogP contribution < -0.4 is 9.47 Å². The molecule has 1 aliphatic carbocycles. The molecule has 3 aromatic carbocycles. The summed E-state index contributed by atoms with van der Waals surface area (Å²) in [7, 11) is 0. The Balaban J connectivity index is 1.46. The predicted octanol–water partition coefficient (Wildman–Crippen LogP) is 6.66. The van der Waals surface area contributed by atoms with Crippen molar-refractivity contribution in [1.29, 1.82) is 0 Å². The zero-order valence-electron chi connectivity index (χ0n) is 15.0. The highest BCUT2D eigenvalue weighted by atomic mass is 16.6. The first-order valence-electron chi connectivity index (χ1n) is 9.60. The van der Waals surface area contributed by atoms with E-state index in [0.29, 0.717) is 0 Å². The molecule has 0 spiro atoms. The Kier molecular flexibility index (Phi) is 2.56. The van der Waals surface area contributed by atoms with E-state index in [2.05, 4.69) is 52.5 Å². The number of hydrogen-bond acceptors (Lipinski definition) is 2. The van der Waals surface area contributed by atoms with Crippen molar-refractivity contribution in [2.45, 2.75) is 12.8 Å². The van der Waals surface area contributed by atoms with E-state index in [4.69, 9.17) is 9.47 Å². The van der Waals surface area contributed by atoms with Gasteiger partial charge in [0.25, 0.3) is 0 Å². The second-order valence-corrected chi connectivity index (χ2v) is 7.46. The van der Waals surface area contributed by atoms with Gasteiger partial charge in [0.05, 0.1) is 11.0 Å². The van der Waals surface area contributed by atoms with Gasteiger partial charge < -0.3 is 19.4 Å². The van der Waals surface area contributed by atoms with Crippen molar-refractivity contribution in [3.63, 3.8) is 0 Å².